The highest BCUT2D eigenvalue weighted by atomic mass is 19.1. The molecule has 38 heavy (non-hydrogen) atoms. The number of alkyl halides is 1. The van der Waals surface area contributed by atoms with Crippen molar-refractivity contribution in [1.82, 2.24) is 5.32 Å². The lowest BCUT2D eigenvalue weighted by Gasteiger charge is -2.31. The molecular weight excluding hydrogens is 487 g/mol. The van der Waals surface area contributed by atoms with Crippen molar-refractivity contribution in [2.24, 2.45) is 29.4 Å². The minimum atomic E-state index is -1.62. The standard InChI is InChI=1S/C30H51FN2O5/c1-20(2)23(16-22-10-11-27(37-6)28(17-22)38-15-9-14-36-5)18-25(32)26(34)19-24(21(3)4)29(35)33-30(31)12-7-8-13-30/h10-11,17,20-21,23-26,34H,7-9,12-16,18-19,32H2,1-6H3,(H,33,35)/t23-,24-,25-,26-/m0/s1. The smallest absolute Gasteiger partial charge is 0.225 e. The first-order valence-corrected chi connectivity index (χ1v) is 14.2. The van der Waals surface area contributed by atoms with Crippen LogP contribution in [0.5, 0.6) is 11.5 Å². The Morgan fingerprint density at radius 3 is 2.34 bits per heavy atom. The number of methoxy groups -OCH3 is 2. The zero-order valence-corrected chi connectivity index (χ0v) is 24.3. The summed E-state index contributed by atoms with van der Waals surface area (Å²) in [6, 6.07) is 5.47. The molecule has 0 aliphatic heterocycles. The number of benzene rings is 1. The number of carbonyl (C=O) groups is 1. The summed E-state index contributed by atoms with van der Waals surface area (Å²) in [5.41, 5.74) is 7.61. The van der Waals surface area contributed by atoms with Crippen molar-refractivity contribution in [2.45, 2.75) is 97.0 Å². The zero-order chi connectivity index (χ0) is 28.3. The van der Waals surface area contributed by atoms with E-state index in [4.69, 9.17) is 19.9 Å². The number of carbonyl (C=O) groups excluding carboxylic acids is 1. The summed E-state index contributed by atoms with van der Waals surface area (Å²) < 4.78 is 31.4. The number of amides is 1. The summed E-state index contributed by atoms with van der Waals surface area (Å²) in [6.45, 7) is 9.33. The second-order valence-corrected chi connectivity index (χ2v) is 11.6. The van der Waals surface area contributed by atoms with Crippen LogP contribution in [-0.2, 0) is 16.0 Å². The predicted octanol–water partition coefficient (Wildman–Crippen LogP) is 5.02. The van der Waals surface area contributed by atoms with E-state index >= 15 is 0 Å². The Morgan fingerprint density at radius 1 is 1.08 bits per heavy atom. The van der Waals surface area contributed by atoms with Crippen LogP contribution in [0.2, 0.25) is 0 Å². The van der Waals surface area contributed by atoms with Crippen molar-refractivity contribution < 1.29 is 28.5 Å². The van der Waals surface area contributed by atoms with Crippen LogP contribution in [0.1, 0.15) is 78.2 Å². The van der Waals surface area contributed by atoms with Gasteiger partial charge in [0.25, 0.3) is 0 Å². The molecule has 0 aromatic heterocycles. The van der Waals surface area contributed by atoms with Crippen LogP contribution < -0.4 is 20.5 Å². The van der Waals surface area contributed by atoms with Gasteiger partial charge in [-0.05, 0) is 67.6 Å². The molecular formula is C30H51FN2O5. The van der Waals surface area contributed by atoms with Crippen LogP contribution in [0, 0.1) is 23.7 Å². The van der Waals surface area contributed by atoms with Gasteiger partial charge < -0.3 is 30.4 Å². The summed E-state index contributed by atoms with van der Waals surface area (Å²) >= 11 is 0. The topological polar surface area (TPSA) is 103 Å². The average molecular weight is 539 g/mol. The lowest BCUT2D eigenvalue weighted by molar-refractivity contribution is -0.132. The minimum Gasteiger partial charge on any atom is -0.493 e. The van der Waals surface area contributed by atoms with Gasteiger partial charge in [0.2, 0.25) is 5.91 Å². The van der Waals surface area contributed by atoms with E-state index in [1.807, 2.05) is 32.0 Å². The van der Waals surface area contributed by atoms with Crippen LogP contribution in [0.3, 0.4) is 0 Å². The van der Waals surface area contributed by atoms with Crippen LogP contribution in [0.4, 0.5) is 4.39 Å². The molecule has 4 N–H and O–H groups in total. The predicted molar refractivity (Wildman–Crippen MR) is 149 cm³/mol. The maximum atomic E-state index is 14.9. The number of halogens is 1. The third kappa shape index (κ3) is 10.0. The Hall–Kier alpha value is -1.90. The largest absolute Gasteiger partial charge is 0.493 e. The molecule has 0 radical (unpaired) electrons. The van der Waals surface area contributed by atoms with Crippen molar-refractivity contribution >= 4 is 5.91 Å². The Labute approximate surface area is 229 Å². The first-order valence-electron chi connectivity index (χ1n) is 14.2. The van der Waals surface area contributed by atoms with Gasteiger partial charge in [0, 0.05) is 44.9 Å². The molecule has 0 saturated heterocycles. The quantitative estimate of drug-likeness (QED) is 0.190. The molecule has 0 spiro atoms. The van der Waals surface area contributed by atoms with E-state index in [9.17, 15) is 14.3 Å². The Balaban J connectivity index is 2.02. The number of rotatable bonds is 17. The highest BCUT2D eigenvalue weighted by molar-refractivity contribution is 5.79. The first kappa shape index (κ1) is 32.3. The number of aliphatic hydroxyl groups is 1. The van der Waals surface area contributed by atoms with Crippen LogP contribution >= 0.6 is 0 Å². The van der Waals surface area contributed by atoms with Gasteiger partial charge >= 0.3 is 0 Å². The van der Waals surface area contributed by atoms with Gasteiger partial charge in [-0.3, -0.25) is 4.79 Å². The molecule has 8 heteroatoms. The van der Waals surface area contributed by atoms with E-state index in [0.29, 0.717) is 49.9 Å². The Morgan fingerprint density at radius 2 is 1.76 bits per heavy atom. The van der Waals surface area contributed by atoms with Crippen LogP contribution in [0.25, 0.3) is 0 Å². The van der Waals surface area contributed by atoms with Crippen molar-refractivity contribution in [3.8, 4) is 11.5 Å². The van der Waals surface area contributed by atoms with E-state index < -0.39 is 23.9 Å². The number of hydrogen-bond donors (Lipinski definition) is 3. The lowest BCUT2D eigenvalue weighted by atomic mass is 9.80. The normalized spacial score (nSPS) is 18.3. The molecule has 7 nitrogen and oxygen atoms in total. The van der Waals surface area contributed by atoms with E-state index in [0.717, 1.165) is 31.2 Å². The number of nitrogens with one attached hydrogen (secondary N) is 1. The van der Waals surface area contributed by atoms with Gasteiger partial charge in [-0.1, -0.05) is 33.8 Å². The Bertz CT molecular complexity index is 844. The molecule has 1 aromatic carbocycles. The number of aliphatic hydroxyl groups excluding tert-OH is 1. The van der Waals surface area contributed by atoms with Gasteiger partial charge in [0.15, 0.2) is 17.3 Å². The maximum absolute atomic E-state index is 14.9. The highest BCUT2D eigenvalue weighted by Crippen LogP contribution is 2.33. The van der Waals surface area contributed by atoms with Gasteiger partial charge in [0.05, 0.1) is 19.8 Å². The molecule has 1 aromatic rings. The van der Waals surface area contributed by atoms with Crippen LogP contribution in [0.15, 0.2) is 18.2 Å². The van der Waals surface area contributed by atoms with Crippen LogP contribution in [-0.4, -0.2) is 56.4 Å². The fourth-order valence-corrected chi connectivity index (χ4v) is 5.24. The molecule has 1 amide bonds. The van der Waals surface area contributed by atoms with Crippen molar-refractivity contribution in [3.05, 3.63) is 23.8 Å². The fourth-order valence-electron chi connectivity index (χ4n) is 5.24. The molecule has 0 unspecified atom stereocenters. The van der Waals surface area contributed by atoms with Crippen molar-refractivity contribution in [1.29, 1.82) is 0 Å². The lowest BCUT2D eigenvalue weighted by Crippen LogP contribution is -2.48. The molecule has 1 saturated carbocycles. The highest BCUT2D eigenvalue weighted by Gasteiger charge is 2.38. The van der Waals surface area contributed by atoms with Gasteiger partial charge in [0.1, 0.15) is 0 Å². The van der Waals surface area contributed by atoms with E-state index in [2.05, 4.69) is 19.2 Å². The molecule has 2 rings (SSSR count). The maximum Gasteiger partial charge on any atom is 0.225 e. The second kappa shape index (κ2) is 15.6. The third-order valence-electron chi connectivity index (χ3n) is 7.87. The summed E-state index contributed by atoms with van der Waals surface area (Å²) in [4.78, 5) is 12.9. The van der Waals surface area contributed by atoms with E-state index in [1.54, 1.807) is 14.2 Å². The summed E-state index contributed by atoms with van der Waals surface area (Å²) in [5, 5.41) is 13.6. The number of nitrogens with two attached hydrogens (primary N) is 1. The number of hydrogen-bond acceptors (Lipinski definition) is 6. The molecule has 0 heterocycles. The third-order valence-corrected chi connectivity index (χ3v) is 7.87. The zero-order valence-electron chi connectivity index (χ0n) is 24.3. The number of ether oxygens (including phenoxy) is 3. The summed E-state index contributed by atoms with van der Waals surface area (Å²) in [6.07, 6.45) is 3.79. The van der Waals surface area contributed by atoms with Gasteiger partial charge in [-0.2, -0.15) is 0 Å². The van der Waals surface area contributed by atoms with Gasteiger partial charge in [-0.15, -0.1) is 0 Å². The SMILES string of the molecule is COCCCOc1cc(C[C@@H](C[C@H](N)[C@@H](O)C[C@H](C(=O)NC2(F)CCCC2)C(C)C)C(C)C)ccc1OC. The van der Waals surface area contributed by atoms with Crippen molar-refractivity contribution in [3.63, 3.8) is 0 Å². The summed E-state index contributed by atoms with van der Waals surface area (Å²) in [5.74, 6) is -0.549. The van der Waals surface area contributed by atoms with E-state index in [-0.39, 0.29) is 24.2 Å². The second-order valence-electron chi connectivity index (χ2n) is 11.6. The molecule has 1 aliphatic carbocycles. The molecule has 0 bridgehead atoms. The summed E-state index contributed by atoms with van der Waals surface area (Å²) in [7, 11) is 3.29. The van der Waals surface area contributed by atoms with Gasteiger partial charge in [-0.25, -0.2) is 4.39 Å². The molecule has 4 atom stereocenters. The molecule has 218 valence electrons. The minimum absolute atomic E-state index is 0.0376. The Kier molecular flexibility index (Phi) is 13.3. The monoisotopic (exact) mass is 538 g/mol. The fraction of sp³-hybridized carbons (Fsp3) is 0.767. The molecule has 1 fully saturated rings. The van der Waals surface area contributed by atoms with Crippen molar-refractivity contribution in [2.75, 3.05) is 27.4 Å². The molecule has 1 aliphatic rings. The van der Waals surface area contributed by atoms with E-state index in [1.165, 1.54) is 0 Å². The first-order chi connectivity index (χ1) is 18.0. The average Bonchev–Trinajstić information content (AvgIpc) is 3.29.